The fourth-order valence-corrected chi connectivity index (χ4v) is 2.23. The van der Waals surface area contributed by atoms with Crippen molar-refractivity contribution >= 4 is 23.5 Å². The lowest BCUT2D eigenvalue weighted by Crippen LogP contribution is -2.27. The van der Waals surface area contributed by atoms with Gasteiger partial charge in [-0.15, -0.1) is 0 Å². The second kappa shape index (κ2) is 5.53. The summed E-state index contributed by atoms with van der Waals surface area (Å²) in [6, 6.07) is 3.03. The highest BCUT2D eigenvalue weighted by molar-refractivity contribution is 6.31. The van der Waals surface area contributed by atoms with Crippen LogP contribution in [-0.2, 0) is 6.54 Å². The number of anilines is 1. The number of ether oxygens (including phenoxy) is 1. The van der Waals surface area contributed by atoms with E-state index in [-0.39, 0.29) is 5.69 Å². The van der Waals surface area contributed by atoms with Crippen molar-refractivity contribution in [3.05, 3.63) is 40.8 Å². The summed E-state index contributed by atoms with van der Waals surface area (Å²) in [7, 11) is 0. The van der Waals surface area contributed by atoms with E-state index in [4.69, 9.17) is 21.4 Å². The predicted molar refractivity (Wildman–Crippen MR) is 74.8 cm³/mol. The third kappa shape index (κ3) is 2.73. The van der Waals surface area contributed by atoms with Crippen LogP contribution in [0, 0.1) is 0 Å². The first-order valence-electron chi connectivity index (χ1n) is 6.22. The van der Waals surface area contributed by atoms with E-state index in [0.29, 0.717) is 36.5 Å². The van der Waals surface area contributed by atoms with E-state index in [9.17, 15) is 4.79 Å². The molecule has 1 N–H and O–H groups in total. The molecule has 0 fully saturated rings. The molecule has 2 aromatic rings. The van der Waals surface area contributed by atoms with Crippen molar-refractivity contribution < 1.29 is 14.6 Å². The van der Waals surface area contributed by atoms with Crippen LogP contribution in [0.3, 0.4) is 0 Å². The summed E-state index contributed by atoms with van der Waals surface area (Å²) in [5, 5.41) is 9.54. The molecule has 21 heavy (non-hydrogen) atoms. The van der Waals surface area contributed by atoms with Gasteiger partial charge in [-0.3, -0.25) is 0 Å². The molecule has 108 valence electrons. The topological polar surface area (TPSA) is 88.4 Å². The smallest absolute Gasteiger partial charge is 0.354 e. The zero-order valence-corrected chi connectivity index (χ0v) is 11.6. The lowest BCUT2D eigenvalue weighted by atomic mass is 10.2. The average molecular weight is 307 g/mol. The van der Waals surface area contributed by atoms with Gasteiger partial charge < -0.3 is 14.7 Å². The predicted octanol–water partition coefficient (Wildman–Crippen LogP) is 1.62. The van der Waals surface area contributed by atoms with E-state index in [1.807, 2.05) is 4.90 Å². The highest BCUT2D eigenvalue weighted by atomic mass is 35.5. The first-order valence-corrected chi connectivity index (χ1v) is 6.60. The molecule has 3 heterocycles. The number of pyridine rings is 1. The van der Waals surface area contributed by atoms with E-state index in [2.05, 4.69) is 15.0 Å². The van der Waals surface area contributed by atoms with Gasteiger partial charge in [-0.05, 0) is 12.1 Å². The van der Waals surface area contributed by atoms with Crippen LogP contribution < -0.4 is 9.64 Å². The Hall–Kier alpha value is -2.41. The van der Waals surface area contributed by atoms with Crippen molar-refractivity contribution in [1.82, 2.24) is 15.0 Å². The minimum Gasteiger partial charge on any atom is -0.477 e. The van der Waals surface area contributed by atoms with Gasteiger partial charge in [-0.1, -0.05) is 11.6 Å². The summed E-state index contributed by atoms with van der Waals surface area (Å²) >= 11 is 6.17. The Kier molecular flexibility index (Phi) is 3.57. The Balaban J connectivity index is 1.95. The van der Waals surface area contributed by atoms with Gasteiger partial charge in [0, 0.05) is 12.4 Å². The molecule has 0 aromatic carbocycles. The molecular weight excluding hydrogens is 296 g/mol. The molecular formula is C13H11ClN4O3. The van der Waals surface area contributed by atoms with Crippen molar-refractivity contribution in [1.29, 1.82) is 0 Å². The molecule has 0 bridgehead atoms. The minimum absolute atomic E-state index is 0.0531. The van der Waals surface area contributed by atoms with Crippen LogP contribution in [0.15, 0.2) is 24.5 Å². The van der Waals surface area contributed by atoms with Gasteiger partial charge in [0.2, 0.25) is 11.8 Å². The third-order valence-electron chi connectivity index (χ3n) is 3.05. The van der Waals surface area contributed by atoms with Crippen molar-refractivity contribution in [2.75, 3.05) is 18.1 Å². The number of hydrogen-bond donors (Lipinski definition) is 1. The van der Waals surface area contributed by atoms with Crippen LogP contribution in [0.4, 0.5) is 5.95 Å². The first-order chi connectivity index (χ1) is 10.1. The number of aromatic nitrogens is 3. The van der Waals surface area contributed by atoms with E-state index < -0.39 is 5.97 Å². The monoisotopic (exact) mass is 306 g/mol. The van der Waals surface area contributed by atoms with Crippen LogP contribution in [0.1, 0.15) is 16.1 Å². The molecule has 3 rings (SSSR count). The molecule has 0 amide bonds. The number of carbonyl (C=O) groups is 1. The zero-order chi connectivity index (χ0) is 14.8. The Morgan fingerprint density at radius 2 is 2.14 bits per heavy atom. The minimum atomic E-state index is -1.09. The Bertz CT molecular complexity index is 695. The Morgan fingerprint density at radius 3 is 2.95 bits per heavy atom. The summed E-state index contributed by atoms with van der Waals surface area (Å²) < 4.78 is 5.55. The number of carboxylic acids is 1. The van der Waals surface area contributed by atoms with Crippen LogP contribution in [0.2, 0.25) is 5.02 Å². The van der Waals surface area contributed by atoms with Crippen LogP contribution in [0.25, 0.3) is 0 Å². The van der Waals surface area contributed by atoms with Crippen LogP contribution in [-0.4, -0.2) is 39.2 Å². The first kappa shape index (κ1) is 13.6. The number of halogens is 1. The molecule has 0 aliphatic carbocycles. The second-order valence-electron chi connectivity index (χ2n) is 4.39. The molecule has 0 saturated heterocycles. The molecule has 0 unspecified atom stereocenters. The number of carboxylic acid groups (broad SMARTS) is 1. The third-order valence-corrected chi connectivity index (χ3v) is 3.41. The summed E-state index contributed by atoms with van der Waals surface area (Å²) in [6.07, 6.45) is 3.00. The fraction of sp³-hybridized carbons (Fsp3) is 0.231. The maximum atomic E-state index is 11.0. The molecule has 0 radical (unpaired) electrons. The molecule has 1 aliphatic heterocycles. The number of hydrogen-bond acceptors (Lipinski definition) is 6. The number of aromatic carboxylic acids is 1. The summed E-state index contributed by atoms with van der Waals surface area (Å²) in [6.45, 7) is 1.31. The van der Waals surface area contributed by atoms with Crippen LogP contribution in [0.5, 0.6) is 5.88 Å². The molecule has 0 saturated carbocycles. The Labute approximate surface area is 125 Å². The molecule has 1 aliphatic rings. The van der Waals surface area contributed by atoms with Gasteiger partial charge in [0.05, 0.1) is 23.7 Å². The largest absolute Gasteiger partial charge is 0.477 e. The van der Waals surface area contributed by atoms with E-state index >= 15 is 0 Å². The second-order valence-corrected chi connectivity index (χ2v) is 4.80. The summed E-state index contributed by atoms with van der Waals surface area (Å²) in [4.78, 5) is 25.1. The molecule has 0 atom stereocenters. The van der Waals surface area contributed by atoms with Gasteiger partial charge >= 0.3 is 5.97 Å². The van der Waals surface area contributed by atoms with Gasteiger partial charge in [0.1, 0.15) is 6.61 Å². The lowest BCUT2D eigenvalue weighted by Gasteiger charge is -2.19. The van der Waals surface area contributed by atoms with Crippen molar-refractivity contribution in [2.24, 2.45) is 0 Å². The highest BCUT2D eigenvalue weighted by Crippen LogP contribution is 2.28. The van der Waals surface area contributed by atoms with E-state index in [1.165, 1.54) is 12.3 Å². The number of rotatable bonds is 2. The van der Waals surface area contributed by atoms with Crippen molar-refractivity contribution in [3.8, 4) is 5.88 Å². The summed E-state index contributed by atoms with van der Waals surface area (Å²) in [5.41, 5.74) is 0.684. The lowest BCUT2D eigenvalue weighted by molar-refractivity contribution is 0.0690. The molecule has 7 nitrogen and oxygen atoms in total. The van der Waals surface area contributed by atoms with Crippen LogP contribution >= 0.6 is 11.6 Å². The maximum Gasteiger partial charge on any atom is 0.354 e. The summed E-state index contributed by atoms with van der Waals surface area (Å²) in [5.74, 6) is -0.282. The quantitative estimate of drug-likeness (QED) is 0.901. The van der Waals surface area contributed by atoms with E-state index in [1.54, 1.807) is 12.3 Å². The van der Waals surface area contributed by atoms with E-state index in [0.717, 1.165) is 5.56 Å². The SMILES string of the molecule is O=C(O)c1ccnc(N2CCOc3nccc(Cl)c3C2)n1. The average Bonchev–Trinajstić information content (AvgIpc) is 2.71. The van der Waals surface area contributed by atoms with Gasteiger partial charge in [0.15, 0.2) is 5.69 Å². The number of fused-ring (bicyclic) bond motifs is 1. The molecule has 2 aromatic heterocycles. The van der Waals surface area contributed by atoms with Gasteiger partial charge in [-0.25, -0.2) is 19.7 Å². The van der Waals surface area contributed by atoms with Gasteiger partial charge in [0.25, 0.3) is 0 Å². The van der Waals surface area contributed by atoms with Gasteiger partial charge in [-0.2, -0.15) is 0 Å². The zero-order valence-electron chi connectivity index (χ0n) is 10.9. The van der Waals surface area contributed by atoms with Crippen molar-refractivity contribution in [3.63, 3.8) is 0 Å². The molecule has 8 heteroatoms. The Morgan fingerprint density at radius 1 is 1.33 bits per heavy atom. The maximum absolute atomic E-state index is 11.0. The standard InChI is InChI=1S/C13H11ClN4O3/c14-9-1-3-15-11-8(9)7-18(5-6-21-11)13-16-4-2-10(17-13)12(19)20/h1-4H,5-7H2,(H,19,20). The fourth-order valence-electron chi connectivity index (χ4n) is 2.03. The van der Waals surface area contributed by atoms with Crippen molar-refractivity contribution in [2.45, 2.75) is 6.54 Å². The normalized spacial score (nSPS) is 14.0. The molecule has 0 spiro atoms. The number of nitrogens with zero attached hydrogens (tertiary/aromatic N) is 4. The highest BCUT2D eigenvalue weighted by Gasteiger charge is 2.21.